The molecule has 0 aromatic heterocycles. The molecule has 1 fully saturated rings. The van der Waals surface area contributed by atoms with E-state index in [1.54, 1.807) is 0 Å². The zero-order valence-electron chi connectivity index (χ0n) is 7.83. The van der Waals surface area contributed by atoms with E-state index in [0.29, 0.717) is 0 Å². The standard InChI is InChI=1S/C11H14ClN/c1-2-13(11-7-8-11)10-5-3-9(12)4-6-10/h3-6,11H,2,7-8H2,1H3. The topological polar surface area (TPSA) is 3.24 Å². The smallest absolute Gasteiger partial charge is 0.0407 e. The monoisotopic (exact) mass is 195 g/mol. The second-order valence-electron chi connectivity index (χ2n) is 3.49. The van der Waals surface area contributed by atoms with Gasteiger partial charge in [0.2, 0.25) is 0 Å². The summed E-state index contributed by atoms with van der Waals surface area (Å²) in [5.41, 5.74) is 1.30. The first-order valence-corrected chi connectivity index (χ1v) is 5.21. The number of anilines is 1. The average Bonchev–Trinajstić information content (AvgIpc) is 2.93. The highest BCUT2D eigenvalue weighted by molar-refractivity contribution is 6.30. The lowest BCUT2D eigenvalue weighted by Gasteiger charge is -2.22. The maximum atomic E-state index is 5.84. The Labute approximate surface area is 84.3 Å². The van der Waals surface area contributed by atoms with Crippen LogP contribution in [0.3, 0.4) is 0 Å². The van der Waals surface area contributed by atoms with Gasteiger partial charge in [-0.05, 0) is 44.0 Å². The van der Waals surface area contributed by atoms with Crippen molar-refractivity contribution in [1.82, 2.24) is 0 Å². The van der Waals surface area contributed by atoms with Crippen molar-refractivity contribution >= 4 is 17.3 Å². The molecule has 13 heavy (non-hydrogen) atoms. The van der Waals surface area contributed by atoms with Gasteiger partial charge in [-0.2, -0.15) is 0 Å². The van der Waals surface area contributed by atoms with Crippen molar-refractivity contribution in [2.24, 2.45) is 0 Å². The summed E-state index contributed by atoms with van der Waals surface area (Å²) in [4.78, 5) is 2.44. The lowest BCUT2D eigenvalue weighted by molar-refractivity contribution is 0.826. The second-order valence-corrected chi connectivity index (χ2v) is 3.93. The van der Waals surface area contributed by atoms with Gasteiger partial charge in [0.05, 0.1) is 0 Å². The molecule has 2 rings (SSSR count). The second kappa shape index (κ2) is 3.59. The molecule has 1 aromatic rings. The third-order valence-electron chi connectivity index (χ3n) is 2.49. The summed E-state index contributed by atoms with van der Waals surface area (Å²) in [6.45, 7) is 3.29. The van der Waals surface area contributed by atoms with Crippen molar-refractivity contribution < 1.29 is 0 Å². The molecule has 70 valence electrons. The van der Waals surface area contributed by atoms with Gasteiger partial charge in [-0.15, -0.1) is 0 Å². The van der Waals surface area contributed by atoms with Crippen LogP contribution in [0, 0.1) is 0 Å². The molecule has 0 atom stereocenters. The molecule has 0 N–H and O–H groups in total. The summed E-state index contributed by atoms with van der Waals surface area (Å²) in [6, 6.07) is 8.91. The van der Waals surface area contributed by atoms with Gasteiger partial charge in [0.25, 0.3) is 0 Å². The zero-order valence-corrected chi connectivity index (χ0v) is 8.59. The predicted molar refractivity (Wildman–Crippen MR) is 57.5 cm³/mol. The first kappa shape index (κ1) is 8.89. The third-order valence-corrected chi connectivity index (χ3v) is 2.74. The van der Waals surface area contributed by atoms with E-state index in [9.17, 15) is 0 Å². The molecule has 0 heterocycles. The van der Waals surface area contributed by atoms with Crippen molar-refractivity contribution in [3.8, 4) is 0 Å². The van der Waals surface area contributed by atoms with Crippen LogP contribution < -0.4 is 4.90 Å². The lowest BCUT2D eigenvalue weighted by Crippen LogP contribution is -2.24. The van der Waals surface area contributed by atoms with E-state index in [4.69, 9.17) is 11.6 Å². The van der Waals surface area contributed by atoms with Gasteiger partial charge in [-0.25, -0.2) is 0 Å². The van der Waals surface area contributed by atoms with E-state index in [1.807, 2.05) is 12.1 Å². The van der Waals surface area contributed by atoms with Crippen LogP contribution in [-0.4, -0.2) is 12.6 Å². The van der Waals surface area contributed by atoms with Gasteiger partial charge < -0.3 is 4.90 Å². The Bertz CT molecular complexity index is 277. The molecule has 2 heteroatoms. The summed E-state index contributed by atoms with van der Waals surface area (Å²) in [6.07, 6.45) is 2.69. The van der Waals surface area contributed by atoms with Crippen LogP contribution in [0.25, 0.3) is 0 Å². The quantitative estimate of drug-likeness (QED) is 0.715. The molecule has 0 radical (unpaired) electrons. The first-order valence-electron chi connectivity index (χ1n) is 4.83. The van der Waals surface area contributed by atoms with Gasteiger partial charge in [0, 0.05) is 23.3 Å². The van der Waals surface area contributed by atoms with Crippen molar-refractivity contribution in [1.29, 1.82) is 0 Å². The van der Waals surface area contributed by atoms with E-state index in [2.05, 4.69) is 24.0 Å². The fourth-order valence-corrected chi connectivity index (χ4v) is 1.80. The summed E-state index contributed by atoms with van der Waals surface area (Å²) >= 11 is 5.84. The minimum absolute atomic E-state index is 0.783. The highest BCUT2D eigenvalue weighted by atomic mass is 35.5. The Morgan fingerprint density at radius 1 is 1.31 bits per heavy atom. The van der Waals surface area contributed by atoms with Crippen LogP contribution in [0.4, 0.5) is 5.69 Å². The molecule has 1 aliphatic rings. The normalized spacial score (nSPS) is 15.8. The van der Waals surface area contributed by atoms with Crippen molar-refractivity contribution in [3.05, 3.63) is 29.3 Å². The van der Waals surface area contributed by atoms with Gasteiger partial charge in [0.1, 0.15) is 0 Å². The summed E-state index contributed by atoms with van der Waals surface area (Å²) in [5.74, 6) is 0. The zero-order chi connectivity index (χ0) is 9.26. The molecule has 0 aliphatic heterocycles. The molecule has 0 unspecified atom stereocenters. The third kappa shape index (κ3) is 1.97. The van der Waals surface area contributed by atoms with E-state index in [0.717, 1.165) is 17.6 Å². The molecule has 0 amide bonds. The predicted octanol–water partition coefficient (Wildman–Crippen LogP) is 3.33. The van der Waals surface area contributed by atoms with Crippen LogP contribution in [0.1, 0.15) is 19.8 Å². The SMILES string of the molecule is CCN(c1ccc(Cl)cc1)C1CC1. The lowest BCUT2D eigenvalue weighted by atomic mass is 10.3. The number of halogens is 1. The number of nitrogens with zero attached hydrogens (tertiary/aromatic N) is 1. The van der Waals surface area contributed by atoms with Crippen molar-refractivity contribution in [3.63, 3.8) is 0 Å². The number of hydrogen-bond donors (Lipinski definition) is 0. The molecular formula is C11H14ClN. The van der Waals surface area contributed by atoms with Crippen molar-refractivity contribution in [2.45, 2.75) is 25.8 Å². The molecule has 1 aromatic carbocycles. The maximum absolute atomic E-state index is 5.84. The number of hydrogen-bond acceptors (Lipinski definition) is 1. The minimum atomic E-state index is 0.783. The Kier molecular flexibility index (Phi) is 2.45. The van der Waals surface area contributed by atoms with Crippen LogP contribution in [0.2, 0.25) is 5.02 Å². The largest absolute Gasteiger partial charge is 0.369 e. The van der Waals surface area contributed by atoms with Gasteiger partial charge in [-0.1, -0.05) is 11.6 Å². The van der Waals surface area contributed by atoms with Gasteiger partial charge in [-0.3, -0.25) is 0 Å². The summed E-state index contributed by atoms with van der Waals surface area (Å²) in [7, 11) is 0. The molecule has 1 aliphatic carbocycles. The Hall–Kier alpha value is -0.690. The Morgan fingerprint density at radius 2 is 1.92 bits per heavy atom. The highest BCUT2D eigenvalue weighted by Crippen LogP contribution is 2.31. The number of benzene rings is 1. The average molecular weight is 196 g/mol. The van der Waals surface area contributed by atoms with E-state index in [-0.39, 0.29) is 0 Å². The van der Waals surface area contributed by atoms with E-state index < -0.39 is 0 Å². The summed E-state index contributed by atoms with van der Waals surface area (Å²) < 4.78 is 0. The fourth-order valence-electron chi connectivity index (χ4n) is 1.67. The van der Waals surface area contributed by atoms with E-state index >= 15 is 0 Å². The maximum Gasteiger partial charge on any atom is 0.0407 e. The highest BCUT2D eigenvalue weighted by Gasteiger charge is 2.27. The van der Waals surface area contributed by atoms with Crippen LogP contribution in [0.15, 0.2) is 24.3 Å². The van der Waals surface area contributed by atoms with Gasteiger partial charge in [0.15, 0.2) is 0 Å². The Morgan fingerprint density at radius 3 is 2.38 bits per heavy atom. The molecule has 0 saturated heterocycles. The van der Waals surface area contributed by atoms with Crippen molar-refractivity contribution in [2.75, 3.05) is 11.4 Å². The van der Waals surface area contributed by atoms with Crippen LogP contribution in [0.5, 0.6) is 0 Å². The first-order chi connectivity index (χ1) is 6.31. The molecular weight excluding hydrogens is 182 g/mol. The number of rotatable bonds is 3. The van der Waals surface area contributed by atoms with Crippen LogP contribution >= 0.6 is 11.6 Å². The van der Waals surface area contributed by atoms with Gasteiger partial charge >= 0.3 is 0 Å². The molecule has 0 spiro atoms. The Balaban J connectivity index is 2.17. The molecule has 0 bridgehead atoms. The van der Waals surface area contributed by atoms with E-state index in [1.165, 1.54) is 18.5 Å². The van der Waals surface area contributed by atoms with Crippen LogP contribution in [-0.2, 0) is 0 Å². The molecule has 1 saturated carbocycles. The molecule has 1 nitrogen and oxygen atoms in total. The summed E-state index contributed by atoms with van der Waals surface area (Å²) in [5, 5.41) is 0.815. The minimum Gasteiger partial charge on any atom is -0.369 e. The fraction of sp³-hybridized carbons (Fsp3) is 0.455.